The predicted octanol–water partition coefficient (Wildman–Crippen LogP) is 3.00. The van der Waals surface area contributed by atoms with Gasteiger partial charge in [-0.2, -0.15) is 0 Å². The van der Waals surface area contributed by atoms with Gasteiger partial charge in [-0.3, -0.25) is 4.79 Å². The van der Waals surface area contributed by atoms with E-state index in [2.05, 4.69) is 0 Å². The number of nitrogens with zero attached hydrogens (tertiary/aromatic N) is 1. The van der Waals surface area contributed by atoms with Crippen LogP contribution in [-0.2, 0) is 0 Å². The molecule has 0 radical (unpaired) electrons. The average molecular weight is 304 g/mol. The Labute approximate surface area is 121 Å². The summed E-state index contributed by atoms with van der Waals surface area (Å²) < 4.78 is 27.2. The van der Waals surface area contributed by atoms with Crippen LogP contribution in [0.3, 0.4) is 0 Å². The topological polar surface area (TPSA) is 40.5 Å². The van der Waals surface area contributed by atoms with Gasteiger partial charge in [0, 0.05) is 12.6 Å². The number of amides is 1. The Bertz CT molecular complexity index is 504. The van der Waals surface area contributed by atoms with Crippen LogP contribution in [0, 0.1) is 11.6 Å². The number of aliphatic hydroxyl groups is 1. The lowest BCUT2D eigenvalue weighted by molar-refractivity contribution is 0.0632. The van der Waals surface area contributed by atoms with Crippen LogP contribution in [0.4, 0.5) is 8.78 Å². The molecule has 1 aromatic rings. The van der Waals surface area contributed by atoms with E-state index in [-0.39, 0.29) is 29.8 Å². The van der Waals surface area contributed by atoms with Gasteiger partial charge in [0.25, 0.3) is 5.91 Å². The van der Waals surface area contributed by atoms with Crippen molar-refractivity contribution in [3.8, 4) is 0 Å². The lowest BCUT2D eigenvalue weighted by Gasteiger charge is -2.28. The molecule has 3 nitrogen and oxygen atoms in total. The van der Waals surface area contributed by atoms with Crippen molar-refractivity contribution in [1.29, 1.82) is 0 Å². The van der Waals surface area contributed by atoms with Gasteiger partial charge in [-0.1, -0.05) is 24.4 Å². The lowest BCUT2D eigenvalue weighted by Crippen LogP contribution is -2.41. The highest BCUT2D eigenvalue weighted by Gasteiger charge is 2.29. The number of hydrogen-bond acceptors (Lipinski definition) is 2. The molecule has 0 aromatic heterocycles. The fourth-order valence-electron chi connectivity index (χ4n) is 2.61. The molecule has 1 N–H and O–H groups in total. The van der Waals surface area contributed by atoms with Gasteiger partial charge in [-0.05, 0) is 25.0 Å². The first-order valence-corrected chi connectivity index (χ1v) is 6.98. The molecule has 0 bridgehead atoms. The maximum Gasteiger partial charge on any atom is 0.257 e. The van der Waals surface area contributed by atoms with E-state index in [9.17, 15) is 13.6 Å². The second-order valence-electron chi connectivity index (χ2n) is 4.91. The molecule has 0 heterocycles. The van der Waals surface area contributed by atoms with Gasteiger partial charge < -0.3 is 10.0 Å². The smallest absolute Gasteiger partial charge is 0.257 e. The Morgan fingerprint density at radius 1 is 1.30 bits per heavy atom. The third kappa shape index (κ3) is 3.10. The SMILES string of the molecule is O=C(c1cc(F)c(Cl)cc1F)N(CCO)C1CCCC1. The number of benzene rings is 1. The molecule has 0 atom stereocenters. The summed E-state index contributed by atoms with van der Waals surface area (Å²) in [5.41, 5.74) is -0.341. The highest BCUT2D eigenvalue weighted by molar-refractivity contribution is 6.30. The molecule has 1 fully saturated rings. The minimum absolute atomic E-state index is 0.0206. The summed E-state index contributed by atoms with van der Waals surface area (Å²) in [6.07, 6.45) is 3.64. The first-order chi connectivity index (χ1) is 9.54. The Morgan fingerprint density at radius 3 is 2.55 bits per heavy atom. The molecule has 1 saturated carbocycles. The second-order valence-corrected chi connectivity index (χ2v) is 5.31. The largest absolute Gasteiger partial charge is 0.395 e. The number of carbonyl (C=O) groups excluding carboxylic acids is 1. The van der Waals surface area contributed by atoms with Crippen molar-refractivity contribution in [2.24, 2.45) is 0 Å². The van der Waals surface area contributed by atoms with E-state index in [0.29, 0.717) is 0 Å². The van der Waals surface area contributed by atoms with Crippen molar-refractivity contribution in [1.82, 2.24) is 4.90 Å². The number of rotatable bonds is 4. The van der Waals surface area contributed by atoms with E-state index in [1.807, 2.05) is 0 Å². The van der Waals surface area contributed by atoms with Crippen molar-refractivity contribution in [2.45, 2.75) is 31.7 Å². The minimum atomic E-state index is -0.845. The van der Waals surface area contributed by atoms with Gasteiger partial charge in [0.15, 0.2) is 0 Å². The molecule has 1 amide bonds. The first-order valence-electron chi connectivity index (χ1n) is 6.61. The maximum atomic E-state index is 13.8. The number of carbonyl (C=O) groups is 1. The zero-order valence-electron chi connectivity index (χ0n) is 10.9. The van der Waals surface area contributed by atoms with Crippen LogP contribution in [0.25, 0.3) is 0 Å². The normalized spacial score (nSPS) is 15.6. The minimum Gasteiger partial charge on any atom is -0.395 e. The molecule has 0 spiro atoms. The molecule has 1 aromatic carbocycles. The molecule has 1 aliphatic rings. The van der Waals surface area contributed by atoms with Gasteiger partial charge in [-0.25, -0.2) is 8.78 Å². The monoisotopic (exact) mass is 303 g/mol. The molecule has 110 valence electrons. The Balaban J connectivity index is 2.29. The Hall–Kier alpha value is -1.20. The highest BCUT2D eigenvalue weighted by atomic mass is 35.5. The summed E-state index contributed by atoms with van der Waals surface area (Å²) in [5.74, 6) is -2.27. The van der Waals surface area contributed by atoms with Gasteiger partial charge >= 0.3 is 0 Å². The van der Waals surface area contributed by atoms with Crippen LogP contribution >= 0.6 is 11.6 Å². The average Bonchev–Trinajstić information content (AvgIpc) is 2.93. The van der Waals surface area contributed by atoms with E-state index < -0.39 is 17.5 Å². The fraction of sp³-hybridized carbons (Fsp3) is 0.500. The van der Waals surface area contributed by atoms with Crippen LogP contribution in [0.1, 0.15) is 36.0 Å². The molecular weight excluding hydrogens is 288 g/mol. The summed E-state index contributed by atoms with van der Waals surface area (Å²) in [6, 6.07) is 1.60. The van der Waals surface area contributed by atoms with Crippen LogP contribution in [0.5, 0.6) is 0 Å². The molecule has 2 rings (SSSR count). The first kappa shape index (κ1) is 15.2. The zero-order valence-corrected chi connectivity index (χ0v) is 11.7. The maximum absolute atomic E-state index is 13.8. The Kier molecular flexibility index (Phi) is 4.94. The third-order valence-corrected chi connectivity index (χ3v) is 3.90. The van der Waals surface area contributed by atoms with Gasteiger partial charge in [0.2, 0.25) is 0 Å². The van der Waals surface area contributed by atoms with Crippen LogP contribution in [-0.4, -0.2) is 35.1 Å². The summed E-state index contributed by atoms with van der Waals surface area (Å²) >= 11 is 5.48. The molecular formula is C14H16ClF2NO2. The van der Waals surface area contributed by atoms with Crippen LogP contribution < -0.4 is 0 Å². The summed E-state index contributed by atoms with van der Waals surface area (Å²) in [6.45, 7) is -0.0902. The fourth-order valence-corrected chi connectivity index (χ4v) is 2.77. The number of hydrogen-bond donors (Lipinski definition) is 1. The highest BCUT2D eigenvalue weighted by Crippen LogP contribution is 2.26. The standard InChI is InChI=1S/C14H16ClF2NO2/c15-11-8-12(16)10(7-13(11)17)14(20)18(5-6-19)9-3-1-2-4-9/h7-9,19H,1-6H2. The lowest BCUT2D eigenvalue weighted by atomic mass is 10.1. The third-order valence-electron chi connectivity index (χ3n) is 3.61. The molecule has 1 aliphatic carbocycles. The molecule has 6 heteroatoms. The van der Waals surface area contributed by atoms with E-state index >= 15 is 0 Å². The molecule has 0 aliphatic heterocycles. The van der Waals surface area contributed by atoms with Crippen LogP contribution in [0.2, 0.25) is 5.02 Å². The van der Waals surface area contributed by atoms with Crippen molar-refractivity contribution >= 4 is 17.5 Å². The van der Waals surface area contributed by atoms with Crippen molar-refractivity contribution in [2.75, 3.05) is 13.2 Å². The molecule has 0 unspecified atom stereocenters. The molecule has 20 heavy (non-hydrogen) atoms. The summed E-state index contributed by atoms with van der Waals surface area (Å²) in [7, 11) is 0. The number of halogens is 3. The van der Waals surface area contributed by atoms with Crippen molar-refractivity contribution in [3.63, 3.8) is 0 Å². The van der Waals surface area contributed by atoms with E-state index in [1.165, 1.54) is 4.90 Å². The van der Waals surface area contributed by atoms with Gasteiger partial charge in [0.05, 0.1) is 17.2 Å². The zero-order chi connectivity index (χ0) is 14.7. The van der Waals surface area contributed by atoms with Crippen molar-refractivity contribution < 1.29 is 18.7 Å². The van der Waals surface area contributed by atoms with Gasteiger partial charge in [-0.15, -0.1) is 0 Å². The van der Waals surface area contributed by atoms with Crippen molar-refractivity contribution in [3.05, 3.63) is 34.4 Å². The summed E-state index contributed by atoms with van der Waals surface area (Å²) in [5, 5.41) is 8.72. The van der Waals surface area contributed by atoms with E-state index in [1.54, 1.807) is 0 Å². The van der Waals surface area contributed by atoms with E-state index in [0.717, 1.165) is 37.8 Å². The van der Waals surface area contributed by atoms with E-state index in [4.69, 9.17) is 16.7 Å². The predicted molar refractivity (Wildman–Crippen MR) is 71.7 cm³/mol. The quantitative estimate of drug-likeness (QED) is 0.869. The summed E-state index contributed by atoms with van der Waals surface area (Å²) in [4.78, 5) is 13.8. The van der Waals surface area contributed by atoms with Crippen LogP contribution in [0.15, 0.2) is 12.1 Å². The molecule has 0 saturated heterocycles. The number of aliphatic hydroxyl groups excluding tert-OH is 1. The Morgan fingerprint density at radius 2 is 1.95 bits per heavy atom. The second kappa shape index (κ2) is 6.50. The van der Waals surface area contributed by atoms with Gasteiger partial charge in [0.1, 0.15) is 11.6 Å².